The van der Waals surface area contributed by atoms with Gasteiger partial charge >= 0.3 is 0 Å². The second-order valence-electron chi connectivity index (χ2n) is 8.15. The average molecular weight is 495 g/mol. The van der Waals surface area contributed by atoms with Crippen LogP contribution in [-0.2, 0) is 16.1 Å². The highest BCUT2D eigenvalue weighted by molar-refractivity contribution is 7.99. The number of amides is 1. The molecule has 0 unspecified atom stereocenters. The number of ether oxygens (including phenoxy) is 1. The Hall–Kier alpha value is -2.82. The number of pyridine rings is 1. The summed E-state index contributed by atoms with van der Waals surface area (Å²) in [6, 6.07) is 12.1. The van der Waals surface area contributed by atoms with E-state index in [1.54, 1.807) is 30.8 Å². The monoisotopic (exact) mass is 494 g/mol. The number of hydrogen-bond donors (Lipinski definition) is 0. The Balaban J connectivity index is 1.20. The fourth-order valence-electron chi connectivity index (χ4n) is 4.15. The van der Waals surface area contributed by atoms with Crippen molar-refractivity contribution in [2.24, 2.45) is 0 Å². The van der Waals surface area contributed by atoms with Crippen molar-refractivity contribution in [1.82, 2.24) is 29.6 Å². The van der Waals surface area contributed by atoms with Crippen molar-refractivity contribution in [3.63, 3.8) is 0 Å². The number of aromatic nitrogens is 5. The van der Waals surface area contributed by atoms with E-state index in [1.165, 1.54) is 21.5 Å². The number of carbonyl (C=O) groups is 1. The number of thioether (sulfide) groups is 1. The Kier molecular flexibility index (Phi) is 7.17. The molecule has 0 N–H and O–H groups in total. The van der Waals surface area contributed by atoms with Crippen LogP contribution in [0, 0.1) is 0 Å². The smallest absolute Gasteiger partial charge is 0.233 e. The quantitative estimate of drug-likeness (QED) is 0.341. The number of fused-ring (bicyclic) bond motifs is 1. The number of thiazole rings is 1. The summed E-state index contributed by atoms with van der Waals surface area (Å²) in [6.07, 6.45) is 5.37. The first kappa shape index (κ1) is 22.9. The molecule has 0 saturated carbocycles. The lowest BCUT2D eigenvalue weighted by Crippen LogP contribution is -2.39. The summed E-state index contributed by atoms with van der Waals surface area (Å²) in [5.74, 6) is 1.66. The van der Waals surface area contributed by atoms with Crippen LogP contribution in [0.2, 0.25) is 0 Å². The Morgan fingerprint density at radius 3 is 2.71 bits per heavy atom. The molecule has 3 aromatic heterocycles. The van der Waals surface area contributed by atoms with Crippen LogP contribution < -0.4 is 0 Å². The van der Waals surface area contributed by atoms with E-state index >= 15 is 0 Å². The molecule has 0 radical (unpaired) electrons. The molecule has 8 nitrogen and oxygen atoms in total. The highest BCUT2D eigenvalue weighted by Crippen LogP contribution is 2.34. The third-order valence-electron chi connectivity index (χ3n) is 6.01. The first-order valence-electron chi connectivity index (χ1n) is 11.3. The van der Waals surface area contributed by atoms with E-state index in [0.717, 1.165) is 48.0 Å². The molecule has 1 aliphatic heterocycles. The molecule has 4 heterocycles. The second-order valence-corrected chi connectivity index (χ2v) is 10.2. The van der Waals surface area contributed by atoms with E-state index < -0.39 is 0 Å². The molecule has 4 aromatic rings. The fourth-order valence-corrected chi connectivity index (χ4v) is 6.16. The number of benzene rings is 1. The Bertz CT molecular complexity index is 1220. The number of para-hydroxylation sites is 1. The summed E-state index contributed by atoms with van der Waals surface area (Å²) in [6.45, 7) is 2.68. The van der Waals surface area contributed by atoms with Crippen molar-refractivity contribution >= 4 is 39.2 Å². The van der Waals surface area contributed by atoms with E-state index in [9.17, 15) is 4.79 Å². The molecule has 0 aliphatic carbocycles. The summed E-state index contributed by atoms with van der Waals surface area (Å²) in [5.41, 5.74) is 2.01. The molecular formula is C24H26N6O2S2. The zero-order chi connectivity index (χ0) is 23.3. The standard InChI is InChI=1S/C24H26N6O2S2/c1-32-15-14-30-22(17-6-10-25-11-7-17)27-28-24(30)33-16-21(31)29-12-8-18(9-13-29)23-26-19-4-2-3-5-20(19)34-23/h2-7,10-11,18H,8-9,12-16H2,1H3. The Morgan fingerprint density at radius 1 is 1.15 bits per heavy atom. The van der Waals surface area contributed by atoms with Crippen molar-refractivity contribution in [2.45, 2.75) is 30.5 Å². The highest BCUT2D eigenvalue weighted by atomic mass is 32.2. The average Bonchev–Trinajstić information content (AvgIpc) is 3.50. The normalized spacial score (nSPS) is 14.7. The molecule has 1 amide bonds. The Morgan fingerprint density at radius 2 is 1.94 bits per heavy atom. The van der Waals surface area contributed by atoms with Crippen LogP contribution in [0.5, 0.6) is 0 Å². The molecule has 5 rings (SSSR count). The minimum Gasteiger partial charge on any atom is -0.383 e. The van der Waals surface area contributed by atoms with Crippen molar-refractivity contribution in [1.29, 1.82) is 0 Å². The number of rotatable bonds is 8. The van der Waals surface area contributed by atoms with Gasteiger partial charge in [-0.1, -0.05) is 23.9 Å². The van der Waals surface area contributed by atoms with Gasteiger partial charge in [0.25, 0.3) is 0 Å². The van der Waals surface area contributed by atoms with E-state index in [2.05, 4.69) is 33.4 Å². The Labute approximate surface area is 206 Å². The van der Waals surface area contributed by atoms with Gasteiger partial charge in [-0.15, -0.1) is 21.5 Å². The number of piperidine rings is 1. The van der Waals surface area contributed by atoms with Gasteiger partial charge in [-0.2, -0.15) is 0 Å². The SMILES string of the molecule is COCCn1c(SCC(=O)N2CCC(c3nc4ccccc4s3)CC2)nnc1-c1ccncc1. The molecule has 1 aromatic carbocycles. The molecule has 1 aliphatic rings. The summed E-state index contributed by atoms with van der Waals surface area (Å²) in [5, 5.41) is 10.6. The number of nitrogens with zero attached hydrogens (tertiary/aromatic N) is 6. The van der Waals surface area contributed by atoms with Crippen LogP contribution in [0.1, 0.15) is 23.8 Å². The first-order valence-corrected chi connectivity index (χ1v) is 13.1. The van der Waals surface area contributed by atoms with E-state index in [0.29, 0.717) is 24.8 Å². The topological polar surface area (TPSA) is 86.0 Å². The molecule has 34 heavy (non-hydrogen) atoms. The third-order valence-corrected chi connectivity index (χ3v) is 8.16. The number of hydrogen-bond acceptors (Lipinski definition) is 8. The van der Waals surface area contributed by atoms with Gasteiger partial charge in [0.1, 0.15) is 0 Å². The van der Waals surface area contributed by atoms with E-state index in [1.807, 2.05) is 27.7 Å². The minimum atomic E-state index is 0.138. The summed E-state index contributed by atoms with van der Waals surface area (Å²) < 4.78 is 8.51. The zero-order valence-corrected chi connectivity index (χ0v) is 20.6. The molecule has 0 atom stereocenters. The predicted molar refractivity (Wildman–Crippen MR) is 134 cm³/mol. The van der Waals surface area contributed by atoms with Crippen LogP contribution >= 0.6 is 23.1 Å². The van der Waals surface area contributed by atoms with Gasteiger partial charge < -0.3 is 9.64 Å². The van der Waals surface area contributed by atoms with Crippen molar-refractivity contribution in [3.05, 3.63) is 53.8 Å². The van der Waals surface area contributed by atoms with Crippen molar-refractivity contribution in [2.75, 3.05) is 32.6 Å². The van der Waals surface area contributed by atoms with Gasteiger partial charge in [0.05, 0.1) is 34.1 Å². The number of likely N-dealkylation sites (tertiary alicyclic amines) is 1. The predicted octanol–water partition coefficient (Wildman–Crippen LogP) is 4.09. The minimum absolute atomic E-state index is 0.138. The zero-order valence-electron chi connectivity index (χ0n) is 19.0. The lowest BCUT2D eigenvalue weighted by atomic mass is 9.97. The maximum Gasteiger partial charge on any atom is 0.233 e. The van der Waals surface area contributed by atoms with E-state index in [4.69, 9.17) is 9.72 Å². The number of carbonyl (C=O) groups excluding carboxylic acids is 1. The molecule has 10 heteroatoms. The van der Waals surface area contributed by atoms with Gasteiger partial charge in [-0.25, -0.2) is 4.98 Å². The molecule has 176 valence electrons. The van der Waals surface area contributed by atoms with Crippen LogP contribution in [-0.4, -0.2) is 68.1 Å². The maximum absolute atomic E-state index is 13.0. The molecule has 0 bridgehead atoms. The van der Waals surface area contributed by atoms with Crippen LogP contribution in [0.25, 0.3) is 21.6 Å². The first-order chi connectivity index (χ1) is 16.7. The third kappa shape index (κ3) is 4.98. The molecule has 1 fully saturated rings. The fraction of sp³-hybridized carbons (Fsp3) is 0.375. The maximum atomic E-state index is 13.0. The highest BCUT2D eigenvalue weighted by Gasteiger charge is 2.26. The molecule has 0 spiro atoms. The van der Waals surface area contributed by atoms with Gasteiger partial charge in [0.2, 0.25) is 5.91 Å². The van der Waals surface area contributed by atoms with Gasteiger partial charge in [-0.05, 0) is 37.1 Å². The molecule has 1 saturated heterocycles. The van der Waals surface area contributed by atoms with Crippen LogP contribution in [0.3, 0.4) is 0 Å². The lowest BCUT2D eigenvalue weighted by Gasteiger charge is -2.31. The van der Waals surface area contributed by atoms with Crippen LogP contribution in [0.4, 0.5) is 0 Å². The van der Waals surface area contributed by atoms with Gasteiger partial charge in [-0.3, -0.25) is 14.3 Å². The second kappa shape index (κ2) is 10.6. The van der Waals surface area contributed by atoms with Gasteiger partial charge in [0.15, 0.2) is 11.0 Å². The largest absolute Gasteiger partial charge is 0.383 e. The number of methoxy groups -OCH3 is 1. The van der Waals surface area contributed by atoms with Crippen molar-refractivity contribution in [3.8, 4) is 11.4 Å². The summed E-state index contributed by atoms with van der Waals surface area (Å²) in [7, 11) is 1.67. The molecular weight excluding hydrogens is 468 g/mol. The summed E-state index contributed by atoms with van der Waals surface area (Å²) in [4.78, 5) is 23.8. The van der Waals surface area contributed by atoms with Crippen molar-refractivity contribution < 1.29 is 9.53 Å². The lowest BCUT2D eigenvalue weighted by molar-refractivity contribution is -0.129. The van der Waals surface area contributed by atoms with E-state index in [-0.39, 0.29) is 5.91 Å². The summed E-state index contributed by atoms with van der Waals surface area (Å²) >= 11 is 3.21. The van der Waals surface area contributed by atoms with Crippen LogP contribution in [0.15, 0.2) is 53.9 Å². The van der Waals surface area contributed by atoms with Gasteiger partial charge in [0, 0.05) is 44.1 Å².